The zero-order valence-electron chi connectivity index (χ0n) is 12.2. The molecule has 1 fully saturated rings. The molecule has 0 bridgehead atoms. The van der Waals surface area contributed by atoms with Crippen molar-refractivity contribution in [3.63, 3.8) is 0 Å². The number of likely N-dealkylation sites (tertiary alicyclic amines) is 1. The van der Waals surface area contributed by atoms with Crippen molar-refractivity contribution in [2.24, 2.45) is 11.7 Å². The van der Waals surface area contributed by atoms with Gasteiger partial charge in [0, 0.05) is 24.4 Å². The molecule has 0 aromatic carbocycles. The Morgan fingerprint density at radius 1 is 1.37 bits per heavy atom. The second-order valence-electron chi connectivity index (χ2n) is 4.76. The minimum absolute atomic E-state index is 0.0717. The van der Waals surface area contributed by atoms with E-state index in [0.717, 1.165) is 38.2 Å². The summed E-state index contributed by atoms with van der Waals surface area (Å²) in [5, 5.41) is 0. The normalized spacial score (nSPS) is 16.6. The maximum atomic E-state index is 11.1. The second kappa shape index (κ2) is 7.89. The van der Waals surface area contributed by atoms with Crippen molar-refractivity contribution in [1.82, 2.24) is 9.88 Å². The summed E-state index contributed by atoms with van der Waals surface area (Å²) in [5.74, 6) is -0.0796. The number of nitrogens with two attached hydrogens (primary N) is 1. The van der Waals surface area contributed by atoms with Crippen molar-refractivity contribution in [3.05, 3.63) is 29.6 Å². The molecule has 1 aromatic rings. The molecule has 0 aliphatic carbocycles. The lowest BCUT2D eigenvalue weighted by Gasteiger charge is -2.30. The molecule has 19 heavy (non-hydrogen) atoms. The highest BCUT2D eigenvalue weighted by molar-refractivity contribution is 5.76. The lowest BCUT2D eigenvalue weighted by Crippen LogP contribution is -2.38. The SMILES string of the molecule is CC.Cc1ccc(CN2CCC(C(N)=O)CC2)cn1. The Hall–Kier alpha value is -1.42. The molecule has 0 radical (unpaired) electrons. The van der Waals surface area contributed by atoms with Crippen LogP contribution in [0.1, 0.15) is 37.9 Å². The highest BCUT2D eigenvalue weighted by Crippen LogP contribution is 2.18. The summed E-state index contributed by atoms with van der Waals surface area (Å²) in [4.78, 5) is 17.7. The first kappa shape index (κ1) is 15.6. The van der Waals surface area contributed by atoms with Crippen LogP contribution < -0.4 is 5.73 Å². The Morgan fingerprint density at radius 3 is 2.47 bits per heavy atom. The number of nitrogens with zero attached hydrogens (tertiary/aromatic N) is 2. The van der Waals surface area contributed by atoms with Gasteiger partial charge in [0.1, 0.15) is 0 Å². The number of aryl methyl sites for hydroxylation is 1. The van der Waals surface area contributed by atoms with Gasteiger partial charge in [-0.1, -0.05) is 19.9 Å². The van der Waals surface area contributed by atoms with E-state index < -0.39 is 0 Å². The van der Waals surface area contributed by atoms with Gasteiger partial charge in [-0.15, -0.1) is 0 Å². The summed E-state index contributed by atoms with van der Waals surface area (Å²) in [5.41, 5.74) is 7.59. The minimum Gasteiger partial charge on any atom is -0.369 e. The van der Waals surface area contributed by atoms with Gasteiger partial charge in [0.15, 0.2) is 0 Å². The number of carbonyl (C=O) groups is 1. The average Bonchev–Trinajstić information content (AvgIpc) is 2.44. The molecule has 2 N–H and O–H groups in total. The third-order valence-corrected chi connectivity index (χ3v) is 3.37. The van der Waals surface area contributed by atoms with Crippen LogP contribution in [0.5, 0.6) is 0 Å². The van der Waals surface area contributed by atoms with E-state index in [2.05, 4.69) is 16.0 Å². The summed E-state index contributed by atoms with van der Waals surface area (Å²) in [6.07, 6.45) is 3.69. The molecule has 1 aliphatic heterocycles. The van der Waals surface area contributed by atoms with Crippen LogP contribution in [0.25, 0.3) is 0 Å². The van der Waals surface area contributed by atoms with Crippen molar-refractivity contribution in [2.75, 3.05) is 13.1 Å². The molecule has 2 heterocycles. The third kappa shape index (κ3) is 4.99. The van der Waals surface area contributed by atoms with E-state index in [1.807, 2.05) is 33.0 Å². The average molecular weight is 263 g/mol. The van der Waals surface area contributed by atoms with Crippen molar-refractivity contribution in [3.8, 4) is 0 Å². The van der Waals surface area contributed by atoms with Gasteiger partial charge in [0.25, 0.3) is 0 Å². The van der Waals surface area contributed by atoms with Gasteiger partial charge in [0.2, 0.25) is 5.91 Å². The van der Waals surface area contributed by atoms with Crippen molar-refractivity contribution >= 4 is 5.91 Å². The number of hydrogen-bond acceptors (Lipinski definition) is 3. The summed E-state index contributed by atoms with van der Waals surface area (Å²) in [7, 11) is 0. The van der Waals surface area contributed by atoms with Crippen LogP contribution in [-0.4, -0.2) is 28.9 Å². The zero-order chi connectivity index (χ0) is 14.3. The van der Waals surface area contributed by atoms with Crippen molar-refractivity contribution in [2.45, 2.75) is 40.2 Å². The zero-order valence-corrected chi connectivity index (χ0v) is 12.2. The van der Waals surface area contributed by atoms with Gasteiger partial charge in [-0.25, -0.2) is 0 Å². The van der Waals surface area contributed by atoms with Gasteiger partial charge < -0.3 is 5.73 Å². The third-order valence-electron chi connectivity index (χ3n) is 3.37. The predicted octanol–water partition coefficient (Wildman–Crippen LogP) is 2.11. The highest BCUT2D eigenvalue weighted by atomic mass is 16.1. The van der Waals surface area contributed by atoms with Crippen LogP contribution in [0.4, 0.5) is 0 Å². The first-order valence-electron chi connectivity index (χ1n) is 7.08. The number of piperidine rings is 1. The van der Waals surface area contributed by atoms with E-state index in [0.29, 0.717) is 0 Å². The van der Waals surface area contributed by atoms with Crippen LogP contribution in [0, 0.1) is 12.8 Å². The van der Waals surface area contributed by atoms with Gasteiger partial charge in [-0.3, -0.25) is 14.7 Å². The molecule has 106 valence electrons. The Labute approximate surface area is 116 Å². The van der Waals surface area contributed by atoms with E-state index >= 15 is 0 Å². The summed E-state index contributed by atoms with van der Waals surface area (Å²) < 4.78 is 0. The first-order chi connectivity index (χ1) is 9.15. The number of hydrogen-bond donors (Lipinski definition) is 1. The van der Waals surface area contributed by atoms with Crippen LogP contribution in [0.2, 0.25) is 0 Å². The van der Waals surface area contributed by atoms with Gasteiger partial charge in [-0.2, -0.15) is 0 Å². The van der Waals surface area contributed by atoms with E-state index in [-0.39, 0.29) is 11.8 Å². The Bertz CT molecular complexity index is 381. The fraction of sp³-hybridized carbons (Fsp3) is 0.600. The lowest BCUT2D eigenvalue weighted by atomic mass is 9.96. The maximum absolute atomic E-state index is 11.1. The van der Waals surface area contributed by atoms with Crippen molar-refractivity contribution < 1.29 is 4.79 Å². The van der Waals surface area contributed by atoms with E-state index in [1.165, 1.54) is 5.56 Å². The number of primary amides is 1. The number of aromatic nitrogens is 1. The molecular weight excluding hydrogens is 238 g/mol. The quantitative estimate of drug-likeness (QED) is 0.908. The fourth-order valence-electron chi connectivity index (χ4n) is 2.23. The monoisotopic (exact) mass is 263 g/mol. The number of pyridine rings is 1. The molecule has 0 atom stereocenters. The molecular formula is C15H25N3O. The van der Waals surface area contributed by atoms with Crippen LogP contribution in [-0.2, 0) is 11.3 Å². The largest absolute Gasteiger partial charge is 0.369 e. The molecule has 2 rings (SSSR count). The summed E-state index contributed by atoms with van der Waals surface area (Å²) >= 11 is 0. The second-order valence-corrected chi connectivity index (χ2v) is 4.76. The topological polar surface area (TPSA) is 59.2 Å². The molecule has 4 heteroatoms. The number of amides is 1. The molecule has 0 spiro atoms. The van der Waals surface area contributed by atoms with Crippen LogP contribution >= 0.6 is 0 Å². The van der Waals surface area contributed by atoms with Gasteiger partial charge in [-0.05, 0) is 44.5 Å². The van der Waals surface area contributed by atoms with E-state index in [1.54, 1.807) is 0 Å². The Morgan fingerprint density at radius 2 is 2.00 bits per heavy atom. The smallest absolute Gasteiger partial charge is 0.220 e. The fourth-order valence-corrected chi connectivity index (χ4v) is 2.23. The van der Waals surface area contributed by atoms with Crippen LogP contribution in [0.15, 0.2) is 18.3 Å². The number of carbonyl (C=O) groups excluding carboxylic acids is 1. The van der Waals surface area contributed by atoms with Crippen molar-refractivity contribution in [1.29, 1.82) is 0 Å². The molecule has 0 unspecified atom stereocenters. The number of rotatable bonds is 3. The Kier molecular flexibility index (Phi) is 6.50. The summed E-state index contributed by atoms with van der Waals surface area (Å²) in [6.45, 7) is 8.80. The highest BCUT2D eigenvalue weighted by Gasteiger charge is 2.22. The Balaban J connectivity index is 0.000000861. The first-order valence-corrected chi connectivity index (χ1v) is 7.08. The summed E-state index contributed by atoms with van der Waals surface area (Å²) in [6, 6.07) is 4.15. The molecule has 1 aromatic heterocycles. The molecule has 4 nitrogen and oxygen atoms in total. The van der Waals surface area contributed by atoms with Gasteiger partial charge in [0.05, 0.1) is 0 Å². The molecule has 1 aliphatic rings. The van der Waals surface area contributed by atoms with E-state index in [9.17, 15) is 4.79 Å². The molecule has 1 amide bonds. The van der Waals surface area contributed by atoms with Crippen LogP contribution in [0.3, 0.4) is 0 Å². The molecule has 0 saturated carbocycles. The van der Waals surface area contributed by atoms with E-state index in [4.69, 9.17) is 5.73 Å². The standard InChI is InChI=1S/C13H19N3O.C2H6/c1-10-2-3-11(8-15-10)9-16-6-4-12(5-7-16)13(14)17;1-2/h2-3,8,12H,4-7,9H2,1H3,(H2,14,17);1-2H3. The maximum Gasteiger partial charge on any atom is 0.220 e. The predicted molar refractivity (Wildman–Crippen MR) is 77.5 cm³/mol. The lowest BCUT2D eigenvalue weighted by molar-refractivity contribution is -0.123. The minimum atomic E-state index is -0.151. The van der Waals surface area contributed by atoms with Gasteiger partial charge >= 0.3 is 0 Å². The molecule has 1 saturated heterocycles.